The molecule has 0 unspecified atom stereocenters. The number of rotatable bonds is 6. The van der Waals surface area contributed by atoms with Crippen LogP contribution in [0, 0.1) is 4.77 Å². The highest BCUT2D eigenvalue weighted by Gasteiger charge is 2.19. The van der Waals surface area contributed by atoms with Crippen LogP contribution < -0.4 is 9.47 Å². The molecule has 3 rings (SSSR count). The van der Waals surface area contributed by atoms with Gasteiger partial charge in [0.1, 0.15) is 18.1 Å². The number of aromatic nitrogens is 3. The molecule has 1 aromatic carbocycles. The Morgan fingerprint density at radius 3 is 2.68 bits per heavy atom. The Hall–Kier alpha value is -1.90. The zero-order valence-corrected chi connectivity index (χ0v) is 15.4. The zero-order valence-electron chi connectivity index (χ0n) is 14.6. The quantitative estimate of drug-likeness (QED) is 0.791. The molecule has 0 spiro atoms. The molecule has 1 aromatic heterocycles. The summed E-state index contributed by atoms with van der Waals surface area (Å²) in [4.78, 5) is 2.17. The van der Waals surface area contributed by atoms with Crippen LogP contribution in [0.5, 0.6) is 11.5 Å². The fraction of sp³-hybridized carbons (Fsp3) is 0.529. The van der Waals surface area contributed by atoms with Crippen LogP contribution in [0.1, 0.15) is 18.7 Å². The first kappa shape index (κ1) is 17.9. The van der Waals surface area contributed by atoms with Crippen molar-refractivity contribution in [3.05, 3.63) is 34.9 Å². The van der Waals surface area contributed by atoms with Crippen LogP contribution in [-0.2, 0) is 20.3 Å². The van der Waals surface area contributed by atoms with Gasteiger partial charge in [-0.3, -0.25) is 4.90 Å². The average Bonchev–Trinajstić information content (AvgIpc) is 2.88. The maximum Gasteiger partial charge on any atom is 0.198 e. The van der Waals surface area contributed by atoms with Crippen LogP contribution >= 0.6 is 12.2 Å². The lowest BCUT2D eigenvalue weighted by atomic mass is 10.1. The van der Waals surface area contributed by atoms with Gasteiger partial charge in [-0.05, 0) is 49.3 Å². The smallest absolute Gasteiger partial charge is 0.198 e. The van der Waals surface area contributed by atoms with E-state index in [4.69, 9.17) is 21.7 Å². The third kappa shape index (κ3) is 4.39. The van der Waals surface area contributed by atoms with Crippen LogP contribution in [0.15, 0.2) is 24.3 Å². The van der Waals surface area contributed by atoms with Gasteiger partial charge in [-0.15, -0.1) is 0 Å². The van der Waals surface area contributed by atoms with Gasteiger partial charge < -0.3 is 19.1 Å². The first-order valence-corrected chi connectivity index (χ1v) is 8.77. The van der Waals surface area contributed by atoms with Gasteiger partial charge in [0.15, 0.2) is 10.6 Å². The summed E-state index contributed by atoms with van der Waals surface area (Å²) in [6, 6.07) is 7.43. The summed E-state index contributed by atoms with van der Waals surface area (Å²) in [6.07, 6.45) is 1.60. The highest BCUT2D eigenvalue weighted by molar-refractivity contribution is 7.71. The predicted octanol–water partition coefficient (Wildman–Crippen LogP) is 1.95. The maximum atomic E-state index is 9.80. The maximum absolute atomic E-state index is 9.80. The second-order valence-electron chi connectivity index (χ2n) is 6.24. The first-order chi connectivity index (χ1) is 12.1. The summed E-state index contributed by atoms with van der Waals surface area (Å²) in [5, 5.41) is 14.4. The summed E-state index contributed by atoms with van der Waals surface area (Å²) in [5.74, 6) is 2.30. The van der Waals surface area contributed by atoms with Gasteiger partial charge in [-0.2, -0.15) is 5.10 Å². The lowest BCUT2D eigenvalue weighted by molar-refractivity contribution is 0.0511. The number of aliphatic hydroxyl groups is 1. The monoisotopic (exact) mass is 364 g/mol. The van der Waals surface area contributed by atoms with E-state index in [1.807, 2.05) is 35.9 Å². The molecule has 1 saturated heterocycles. The van der Waals surface area contributed by atoms with Gasteiger partial charge in [0.05, 0.1) is 19.9 Å². The first-order valence-electron chi connectivity index (χ1n) is 8.37. The van der Waals surface area contributed by atoms with Crippen molar-refractivity contribution in [3.63, 3.8) is 0 Å². The highest BCUT2D eigenvalue weighted by Crippen LogP contribution is 2.18. The van der Waals surface area contributed by atoms with Crippen LogP contribution in [-0.4, -0.2) is 50.7 Å². The number of methoxy groups -OCH3 is 1. The van der Waals surface area contributed by atoms with E-state index in [1.165, 1.54) is 0 Å². The Morgan fingerprint density at radius 2 is 2.00 bits per heavy atom. The number of nitrogens with zero attached hydrogens (tertiary/aromatic N) is 4. The minimum absolute atomic E-state index is 0.260. The van der Waals surface area contributed by atoms with Gasteiger partial charge in [0.25, 0.3) is 0 Å². The molecule has 2 aromatic rings. The summed E-state index contributed by atoms with van der Waals surface area (Å²) in [6.45, 7) is 2.54. The molecule has 0 bridgehead atoms. The minimum atomic E-state index is -0.260. The van der Waals surface area contributed by atoms with Gasteiger partial charge in [-0.1, -0.05) is 0 Å². The van der Waals surface area contributed by atoms with E-state index in [2.05, 4.69) is 10.00 Å². The van der Waals surface area contributed by atoms with E-state index in [1.54, 1.807) is 11.8 Å². The molecular formula is C17H24N4O3S. The molecule has 1 aliphatic heterocycles. The van der Waals surface area contributed by atoms with Crippen molar-refractivity contribution in [3.8, 4) is 11.5 Å². The van der Waals surface area contributed by atoms with E-state index in [0.717, 1.165) is 36.7 Å². The lowest BCUT2D eigenvalue weighted by Crippen LogP contribution is -2.39. The van der Waals surface area contributed by atoms with Crippen LogP contribution in [0.3, 0.4) is 0 Å². The summed E-state index contributed by atoms with van der Waals surface area (Å²) in [5.41, 5.74) is 0. The average molecular weight is 364 g/mol. The van der Waals surface area contributed by atoms with Crippen molar-refractivity contribution < 1.29 is 14.6 Å². The summed E-state index contributed by atoms with van der Waals surface area (Å²) in [7, 11) is 3.53. The number of aliphatic hydroxyl groups excluding tert-OH is 1. The van der Waals surface area contributed by atoms with Crippen molar-refractivity contribution >= 4 is 12.2 Å². The molecule has 0 amide bonds. The topological polar surface area (TPSA) is 64.7 Å². The SMILES string of the molecule is COc1ccc(OCc2nn(CN3CCC[C@@H](O)C3)c(=S)n2C)cc1. The van der Waals surface area contributed by atoms with Gasteiger partial charge in [0, 0.05) is 20.1 Å². The van der Waals surface area contributed by atoms with E-state index in [0.29, 0.717) is 24.6 Å². The van der Waals surface area contributed by atoms with Crippen LogP contribution in [0.2, 0.25) is 0 Å². The molecule has 0 aliphatic carbocycles. The minimum Gasteiger partial charge on any atom is -0.497 e. The number of likely N-dealkylation sites (tertiary alicyclic amines) is 1. The van der Waals surface area contributed by atoms with E-state index in [9.17, 15) is 5.11 Å². The van der Waals surface area contributed by atoms with Gasteiger partial charge in [0.2, 0.25) is 0 Å². The van der Waals surface area contributed by atoms with E-state index >= 15 is 0 Å². The summed E-state index contributed by atoms with van der Waals surface area (Å²) >= 11 is 5.48. The predicted molar refractivity (Wildman–Crippen MR) is 96.2 cm³/mol. The fourth-order valence-electron chi connectivity index (χ4n) is 2.92. The molecule has 0 radical (unpaired) electrons. The van der Waals surface area contributed by atoms with Crippen molar-refractivity contribution in [2.24, 2.45) is 7.05 Å². The highest BCUT2D eigenvalue weighted by atomic mass is 32.1. The van der Waals surface area contributed by atoms with Gasteiger partial charge >= 0.3 is 0 Å². The molecule has 136 valence electrons. The Kier molecular flexibility index (Phi) is 5.72. The zero-order chi connectivity index (χ0) is 17.8. The Balaban J connectivity index is 1.64. The van der Waals surface area contributed by atoms with Crippen molar-refractivity contribution in [1.82, 2.24) is 19.2 Å². The second-order valence-corrected chi connectivity index (χ2v) is 6.60. The lowest BCUT2D eigenvalue weighted by Gasteiger charge is -2.29. The molecular weight excluding hydrogens is 340 g/mol. The standard InChI is InChI=1S/C17H24N4O3S/c1-19-16(11-24-15-7-5-14(23-2)6-8-15)18-21(17(19)25)12-20-9-3-4-13(22)10-20/h5-8,13,22H,3-4,9-12H2,1-2H3/t13-/m1/s1. The van der Waals surface area contributed by atoms with Crippen molar-refractivity contribution in [2.45, 2.75) is 32.2 Å². The molecule has 0 saturated carbocycles. The Morgan fingerprint density at radius 1 is 1.28 bits per heavy atom. The third-order valence-corrected chi connectivity index (χ3v) is 4.86. The Labute approximate surface area is 152 Å². The molecule has 1 aliphatic rings. The normalized spacial score (nSPS) is 18.3. The molecule has 1 fully saturated rings. The Bertz CT molecular complexity index is 756. The molecule has 2 heterocycles. The van der Waals surface area contributed by atoms with E-state index < -0.39 is 0 Å². The van der Waals surface area contributed by atoms with E-state index in [-0.39, 0.29) is 6.10 Å². The molecule has 25 heavy (non-hydrogen) atoms. The largest absolute Gasteiger partial charge is 0.497 e. The van der Waals surface area contributed by atoms with Crippen molar-refractivity contribution in [1.29, 1.82) is 0 Å². The number of benzene rings is 1. The van der Waals surface area contributed by atoms with Crippen LogP contribution in [0.4, 0.5) is 0 Å². The van der Waals surface area contributed by atoms with Crippen molar-refractivity contribution in [2.75, 3.05) is 20.2 Å². The molecule has 7 nitrogen and oxygen atoms in total. The number of ether oxygens (including phenoxy) is 2. The number of hydrogen-bond donors (Lipinski definition) is 1. The number of β-amino-alcohol motifs (C(OH)–C–C–N with tert-alkyl or cyclic N) is 1. The number of hydrogen-bond acceptors (Lipinski definition) is 6. The number of piperidine rings is 1. The summed E-state index contributed by atoms with van der Waals surface area (Å²) < 4.78 is 15.2. The third-order valence-electron chi connectivity index (χ3n) is 4.37. The van der Waals surface area contributed by atoms with Gasteiger partial charge in [-0.25, -0.2) is 4.68 Å². The molecule has 8 heteroatoms. The fourth-order valence-corrected chi connectivity index (χ4v) is 3.12. The molecule has 1 atom stereocenters. The van der Waals surface area contributed by atoms with Crippen LogP contribution in [0.25, 0.3) is 0 Å². The second kappa shape index (κ2) is 7.99. The molecule has 1 N–H and O–H groups in total.